The van der Waals surface area contributed by atoms with E-state index in [2.05, 4.69) is 0 Å². The number of ether oxygens (including phenoxy) is 1. The Labute approximate surface area is 118 Å². The number of hydrogen-bond acceptors (Lipinski definition) is 3. The number of rotatable bonds is 4. The smallest absolute Gasteiger partial charge is 0.420 e. The van der Waals surface area contributed by atoms with E-state index in [9.17, 15) is 18.0 Å². The predicted octanol–water partition coefficient (Wildman–Crippen LogP) is 3.80. The van der Waals surface area contributed by atoms with Gasteiger partial charge in [-0.05, 0) is 24.3 Å². The van der Waals surface area contributed by atoms with E-state index in [1.807, 2.05) is 0 Å². The van der Waals surface area contributed by atoms with Crippen LogP contribution in [0.1, 0.15) is 21.5 Å². The van der Waals surface area contributed by atoms with Crippen molar-refractivity contribution in [2.75, 3.05) is 0 Å². The number of carbonyl (C=O) groups excluding carboxylic acids is 1. The zero-order valence-corrected chi connectivity index (χ0v) is 10.7. The summed E-state index contributed by atoms with van der Waals surface area (Å²) >= 11 is 0. The Morgan fingerprint density at radius 3 is 2.43 bits per heavy atom. The summed E-state index contributed by atoms with van der Waals surface area (Å²) < 4.78 is 44.3. The van der Waals surface area contributed by atoms with Gasteiger partial charge in [0, 0.05) is 11.1 Å². The van der Waals surface area contributed by atoms with Gasteiger partial charge in [-0.15, -0.1) is 0 Å². The molecular weight excluding hydrogens is 285 g/mol. The molecule has 0 aliphatic rings. The van der Waals surface area contributed by atoms with E-state index in [4.69, 9.17) is 9.84 Å². The van der Waals surface area contributed by atoms with Gasteiger partial charge in [-0.2, -0.15) is 13.2 Å². The molecule has 0 radical (unpaired) electrons. The quantitative estimate of drug-likeness (QED) is 0.873. The van der Waals surface area contributed by atoms with Crippen LogP contribution >= 0.6 is 0 Å². The molecule has 0 fully saturated rings. The Hall–Kier alpha value is -2.34. The van der Waals surface area contributed by atoms with E-state index in [-0.39, 0.29) is 17.9 Å². The number of aliphatic hydroxyl groups is 1. The fourth-order valence-corrected chi connectivity index (χ4v) is 1.78. The monoisotopic (exact) mass is 296 g/mol. The van der Waals surface area contributed by atoms with Crippen LogP contribution in [-0.4, -0.2) is 11.4 Å². The second-order valence-corrected chi connectivity index (χ2v) is 4.24. The molecule has 0 aromatic heterocycles. The van der Waals surface area contributed by atoms with Crippen LogP contribution < -0.4 is 4.74 Å². The number of alkyl halides is 3. The topological polar surface area (TPSA) is 46.5 Å². The van der Waals surface area contributed by atoms with Crippen LogP contribution in [0.4, 0.5) is 13.2 Å². The van der Waals surface area contributed by atoms with E-state index in [1.54, 1.807) is 18.2 Å². The van der Waals surface area contributed by atoms with Crippen LogP contribution in [0.5, 0.6) is 11.5 Å². The molecule has 0 saturated heterocycles. The van der Waals surface area contributed by atoms with Gasteiger partial charge in [0.05, 0.1) is 12.2 Å². The minimum Gasteiger partial charge on any atom is -0.456 e. The maximum absolute atomic E-state index is 13.0. The first-order valence-electron chi connectivity index (χ1n) is 5.98. The maximum Gasteiger partial charge on any atom is 0.420 e. The molecule has 0 aliphatic heterocycles. The minimum atomic E-state index is -4.65. The highest BCUT2D eigenvalue weighted by Gasteiger charge is 2.35. The third-order valence-corrected chi connectivity index (χ3v) is 2.81. The largest absolute Gasteiger partial charge is 0.456 e. The van der Waals surface area contributed by atoms with Crippen LogP contribution in [0.3, 0.4) is 0 Å². The first-order valence-corrected chi connectivity index (χ1v) is 5.98. The zero-order valence-electron chi connectivity index (χ0n) is 10.7. The highest BCUT2D eigenvalue weighted by Crippen LogP contribution is 2.39. The minimum absolute atomic E-state index is 0.0925. The molecule has 0 spiro atoms. The molecule has 1 N–H and O–H groups in total. The van der Waals surface area contributed by atoms with Crippen molar-refractivity contribution in [2.24, 2.45) is 0 Å². The van der Waals surface area contributed by atoms with E-state index >= 15 is 0 Å². The Bertz CT molecular complexity index is 651. The molecular formula is C15H11F3O3. The summed E-state index contributed by atoms with van der Waals surface area (Å²) in [6, 6.07) is 9.27. The summed E-state index contributed by atoms with van der Waals surface area (Å²) in [6.45, 7) is -0.357. The predicted molar refractivity (Wildman–Crippen MR) is 69.3 cm³/mol. The normalized spacial score (nSPS) is 11.2. The van der Waals surface area contributed by atoms with E-state index in [0.717, 1.165) is 12.1 Å². The molecule has 0 aliphatic carbocycles. The summed E-state index contributed by atoms with van der Waals surface area (Å²) in [6.07, 6.45) is -4.32. The lowest BCUT2D eigenvalue weighted by Gasteiger charge is -2.15. The van der Waals surface area contributed by atoms with Crippen molar-refractivity contribution in [1.82, 2.24) is 0 Å². The lowest BCUT2D eigenvalue weighted by Crippen LogP contribution is -2.08. The third-order valence-electron chi connectivity index (χ3n) is 2.81. The van der Waals surface area contributed by atoms with Gasteiger partial charge in [-0.1, -0.05) is 18.2 Å². The standard InChI is InChI=1S/C15H11F3O3/c16-15(17,18)12-7-10(8-19)5-6-14(12)21-13-4-2-1-3-11(13)9-20/h1-8,20H,9H2. The SMILES string of the molecule is O=Cc1ccc(Oc2ccccc2CO)c(C(F)(F)F)c1. The van der Waals surface area contributed by atoms with Crippen LogP contribution in [0, 0.1) is 0 Å². The van der Waals surface area contributed by atoms with E-state index < -0.39 is 17.5 Å². The summed E-state index contributed by atoms with van der Waals surface area (Å²) in [5.41, 5.74) is -0.768. The Morgan fingerprint density at radius 2 is 1.81 bits per heavy atom. The molecule has 2 rings (SSSR count). The molecule has 0 atom stereocenters. The van der Waals surface area contributed by atoms with Crippen LogP contribution in [0.25, 0.3) is 0 Å². The first kappa shape index (κ1) is 15.1. The summed E-state index contributed by atoms with van der Waals surface area (Å²) in [7, 11) is 0. The van der Waals surface area contributed by atoms with Crippen LogP contribution in [0.15, 0.2) is 42.5 Å². The number of para-hydroxylation sites is 1. The zero-order chi connectivity index (χ0) is 15.5. The molecule has 21 heavy (non-hydrogen) atoms. The Kier molecular flexibility index (Phi) is 4.28. The summed E-state index contributed by atoms with van der Waals surface area (Å²) in [5, 5.41) is 9.16. The molecule has 0 amide bonds. The first-order chi connectivity index (χ1) is 9.95. The van der Waals surface area contributed by atoms with Gasteiger partial charge in [0.1, 0.15) is 17.8 Å². The molecule has 110 valence electrons. The number of benzene rings is 2. The van der Waals surface area contributed by atoms with E-state index in [1.165, 1.54) is 12.1 Å². The highest BCUT2D eigenvalue weighted by molar-refractivity contribution is 5.75. The number of hydrogen-bond donors (Lipinski definition) is 1. The van der Waals surface area contributed by atoms with Gasteiger partial charge < -0.3 is 9.84 Å². The number of halogens is 3. The molecule has 0 unspecified atom stereocenters. The summed E-state index contributed by atoms with van der Waals surface area (Å²) in [5.74, 6) is -0.293. The van der Waals surface area contributed by atoms with Crippen molar-refractivity contribution in [2.45, 2.75) is 12.8 Å². The fourth-order valence-electron chi connectivity index (χ4n) is 1.78. The van der Waals surface area contributed by atoms with Gasteiger partial charge in [0.15, 0.2) is 0 Å². The second kappa shape index (κ2) is 5.97. The third kappa shape index (κ3) is 3.41. The van der Waals surface area contributed by atoms with E-state index in [0.29, 0.717) is 11.8 Å². The molecule has 0 saturated carbocycles. The van der Waals surface area contributed by atoms with Gasteiger partial charge in [0.25, 0.3) is 0 Å². The van der Waals surface area contributed by atoms with Gasteiger partial charge in [0.2, 0.25) is 0 Å². The Balaban J connectivity index is 2.46. The molecule has 2 aromatic rings. The Morgan fingerprint density at radius 1 is 1.10 bits per heavy atom. The van der Waals surface area contributed by atoms with Gasteiger partial charge >= 0.3 is 6.18 Å². The highest BCUT2D eigenvalue weighted by atomic mass is 19.4. The lowest BCUT2D eigenvalue weighted by atomic mass is 10.1. The average Bonchev–Trinajstić information content (AvgIpc) is 2.47. The van der Waals surface area contributed by atoms with Crippen molar-refractivity contribution in [3.8, 4) is 11.5 Å². The molecule has 6 heteroatoms. The van der Waals surface area contributed by atoms with Crippen molar-refractivity contribution >= 4 is 6.29 Å². The average molecular weight is 296 g/mol. The van der Waals surface area contributed by atoms with Gasteiger partial charge in [-0.3, -0.25) is 4.79 Å². The van der Waals surface area contributed by atoms with Crippen molar-refractivity contribution in [3.63, 3.8) is 0 Å². The number of aldehydes is 1. The van der Waals surface area contributed by atoms with Crippen molar-refractivity contribution < 1.29 is 27.8 Å². The van der Waals surface area contributed by atoms with Crippen LogP contribution in [0.2, 0.25) is 0 Å². The summed E-state index contributed by atoms with van der Waals surface area (Å²) in [4.78, 5) is 10.6. The lowest BCUT2D eigenvalue weighted by molar-refractivity contribution is -0.138. The molecule has 3 nitrogen and oxygen atoms in total. The molecule has 0 heterocycles. The number of aliphatic hydroxyl groups excluding tert-OH is 1. The number of carbonyl (C=O) groups is 1. The van der Waals surface area contributed by atoms with Crippen molar-refractivity contribution in [3.05, 3.63) is 59.2 Å². The van der Waals surface area contributed by atoms with Gasteiger partial charge in [-0.25, -0.2) is 0 Å². The fraction of sp³-hybridized carbons (Fsp3) is 0.133. The second-order valence-electron chi connectivity index (χ2n) is 4.24. The maximum atomic E-state index is 13.0. The molecule has 2 aromatic carbocycles. The van der Waals surface area contributed by atoms with Crippen molar-refractivity contribution in [1.29, 1.82) is 0 Å². The van der Waals surface area contributed by atoms with Crippen LogP contribution in [-0.2, 0) is 12.8 Å². The molecule has 0 bridgehead atoms.